The second kappa shape index (κ2) is 4.09. The standard InChI is InChI=1S/C9H13N3O2/c1-6(5-10)9(14)12-4-2-3-7(12)8(11)13/h6-7H,2-4H2,1H3,(H2,11,13). The average Bonchev–Trinajstić information content (AvgIpc) is 2.63. The summed E-state index contributed by atoms with van der Waals surface area (Å²) < 4.78 is 0. The predicted octanol–water partition coefficient (Wildman–Crippen LogP) is -0.378. The van der Waals surface area contributed by atoms with Crippen molar-refractivity contribution in [3.05, 3.63) is 0 Å². The molecule has 0 aromatic heterocycles. The van der Waals surface area contributed by atoms with Crippen molar-refractivity contribution in [1.82, 2.24) is 4.90 Å². The van der Waals surface area contributed by atoms with Gasteiger partial charge >= 0.3 is 0 Å². The Hall–Kier alpha value is -1.57. The van der Waals surface area contributed by atoms with Crippen molar-refractivity contribution in [2.24, 2.45) is 11.7 Å². The van der Waals surface area contributed by atoms with Crippen molar-refractivity contribution >= 4 is 11.8 Å². The van der Waals surface area contributed by atoms with Gasteiger partial charge in [0.1, 0.15) is 12.0 Å². The fourth-order valence-electron chi connectivity index (χ4n) is 1.63. The lowest BCUT2D eigenvalue weighted by Crippen LogP contribution is -2.45. The molecule has 1 aliphatic rings. The average molecular weight is 195 g/mol. The second-order valence-corrected chi connectivity index (χ2v) is 3.44. The second-order valence-electron chi connectivity index (χ2n) is 3.44. The molecule has 0 spiro atoms. The maximum absolute atomic E-state index is 11.6. The number of nitrogens with zero attached hydrogens (tertiary/aromatic N) is 2. The van der Waals surface area contributed by atoms with E-state index in [0.29, 0.717) is 13.0 Å². The zero-order valence-corrected chi connectivity index (χ0v) is 8.06. The van der Waals surface area contributed by atoms with Crippen molar-refractivity contribution in [3.8, 4) is 6.07 Å². The van der Waals surface area contributed by atoms with Gasteiger partial charge in [-0.2, -0.15) is 5.26 Å². The third-order valence-electron chi connectivity index (χ3n) is 2.43. The van der Waals surface area contributed by atoms with Crippen LogP contribution in [0.3, 0.4) is 0 Å². The van der Waals surface area contributed by atoms with E-state index in [4.69, 9.17) is 11.0 Å². The van der Waals surface area contributed by atoms with E-state index in [2.05, 4.69) is 0 Å². The first-order chi connectivity index (χ1) is 6.57. The third kappa shape index (κ3) is 1.84. The highest BCUT2D eigenvalue weighted by Gasteiger charge is 2.34. The number of nitriles is 1. The minimum Gasteiger partial charge on any atom is -0.368 e. The fraction of sp³-hybridized carbons (Fsp3) is 0.667. The van der Waals surface area contributed by atoms with Crippen LogP contribution in [0.25, 0.3) is 0 Å². The lowest BCUT2D eigenvalue weighted by Gasteiger charge is -2.22. The Balaban J connectivity index is 2.73. The van der Waals surface area contributed by atoms with Gasteiger partial charge in [0, 0.05) is 6.54 Å². The zero-order chi connectivity index (χ0) is 10.7. The predicted molar refractivity (Wildman–Crippen MR) is 48.7 cm³/mol. The maximum Gasteiger partial charge on any atom is 0.240 e. The molecular weight excluding hydrogens is 182 g/mol. The quantitative estimate of drug-likeness (QED) is 0.651. The van der Waals surface area contributed by atoms with Gasteiger partial charge in [-0.15, -0.1) is 0 Å². The van der Waals surface area contributed by atoms with Gasteiger partial charge in [0.15, 0.2) is 0 Å². The Labute approximate surface area is 82.5 Å². The van der Waals surface area contributed by atoms with Gasteiger partial charge in [0.2, 0.25) is 11.8 Å². The molecule has 0 radical (unpaired) electrons. The molecule has 1 saturated heterocycles. The van der Waals surface area contributed by atoms with Gasteiger partial charge in [-0.25, -0.2) is 0 Å². The summed E-state index contributed by atoms with van der Waals surface area (Å²) in [5, 5.41) is 8.58. The lowest BCUT2D eigenvalue weighted by atomic mass is 10.1. The van der Waals surface area contributed by atoms with Crippen molar-refractivity contribution < 1.29 is 9.59 Å². The van der Waals surface area contributed by atoms with Gasteiger partial charge in [-0.3, -0.25) is 9.59 Å². The van der Waals surface area contributed by atoms with E-state index >= 15 is 0 Å². The molecule has 5 nitrogen and oxygen atoms in total. The molecule has 0 bridgehead atoms. The van der Waals surface area contributed by atoms with Crippen LogP contribution in [0.2, 0.25) is 0 Å². The number of amides is 2. The zero-order valence-electron chi connectivity index (χ0n) is 8.06. The first kappa shape index (κ1) is 10.5. The van der Waals surface area contributed by atoms with Crippen molar-refractivity contribution in [3.63, 3.8) is 0 Å². The molecule has 2 unspecified atom stereocenters. The minimum absolute atomic E-state index is 0.297. The van der Waals surface area contributed by atoms with Crippen LogP contribution in [0.15, 0.2) is 0 Å². The van der Waals surface area contributed by atoms with Crippen molar-refractivity contribution in [1.29, 1.82) is 5.26 Å². The largest absolute Gasteiger partial charge is 0.368 e. The number of rotatable bonds is 2. The summed E-state index contributed by atoms with van der Waals surface area (Å²) in [6, 6.07) is 1.34. The number of primary amides is 1. The number of nitrogens with two attached hydrogens (primary N) is 1. The van der Waals surface area contributed by atoms with E-state index in [1.54, 1.807) is 0 Å². The van der Waals surface area contributed by atoms with E-state index in [0.717, 1.165) is 6.42 Å². The van der Waals surface area contributed by atoms with Gasteiger partial charge in [0.25, 0.3) is 0 Å². The minimum atomic E-state index is -0.699. The summed E-state index contributed by atoms with van der Waals surface area (Å²) in [5.74, 6) is -1.48. The van der Waals surface area contributed by atoms with Crippen molar-refractivity contribution in [2.75, 3.05) is 6.54 Å². The SMILES string of the molecule is CC(C#N)C(=O)N1CCCC1C(N)=O. The molecule has 1 aliphatic heterocycles. The van der Waals surface area contributed by atoms with E-state index < -0.39 is 17.9 Å². The van der Waals surface area contributed by atoms with Crippen LogP contribution in [-0.4, -0.2) is 29.3 Å². The molecule has 1 fully saturated rings. The Kier molecular flexibility index (Phi) is 3.07. The third-order valence-corrected chi connectivity index (χ3v) is 2.43. The highest BCUT2D eigenvalue weighted by molar-refractivity contribution is 5.89. The van der Waals surface area contributed by atoms with Crippen LogP contribution in [0.1, 0.15) is 19.8 Å². The highest BCUT2D eigenvalue weighted by Crippen LogP contribution is 2.19. The van der Waals surface area contributed by atoms with Crippen LogP contribution in [0, 0.1) is 17.2 Å². The molecule has 2 amide bonds. The number of likely N-dealkylation sites (tertiary alicyclic amines) is 1. The molecule has 0 aliphatic carbocycles. The smallest absolute Gasteiger partial charge is 0.240 e. The maximum atomic E-state index is 11.6. The fourth-order valence-corrected chi connectivity index (χ4v) is 1.63. The van der Waals surface area contributed by atoms with E-state index in [9.17, 15) is 9.59 Å². The number of hydrogen-bond donors (Lipinski definition) is 1. The van der Waals surface area contributed by atoms with Crippen molar-refractivity contribution in [2.45, 2.75) is 25.8 Å². The van der Waals surface area contributed by atoms with Gasteiger partial charge in [-0.1, -0.05) is 0 Å². The van der Waals surface area contributed by atoms with Gasteiger partial charge < -0.3 is 10.6 Å². The molecule has 0 saturated carbocycles. The Bertz CT molecular complexity index is 295. The van der Waals surface area contributed by atoms with Crippen LogP contribution in [0.5, 0.6) is 0 Å². The monoisotopic (exact) mass is 195 g/mol. The summed E-state index contributed by atoms with van der Waals surface area (Å²) in [4.78, 5) is 24.0. The Morgan fingerprint density at radius 2 is 2.29 bits per heavy atom. The number of carbonyl (C=O) groups is 2. The van der Waals surface area contributed by atoms with E-state index in [-0.39, 0.29) is 5.91 Å². The summed E-state index contributed by atoms with van der Waals surface area (Å²) in [7, 11) is 0. The molecule has 5 heteroatoms. The lowest BCUT2D eigenvalue weighted by molar-refractivity contribution is -0.138. The highest BCUT2D eigenvalue weighted by atomic mass is 16.2. The van der Waals surface area contributed by atoms with Crippen LogP contribution in [-0.2, 0) is 9.59 Å². The first-order valence-electron chi connectivity index (χ1n) is 4.57. The Morgan fingerprint density at radius 1 is 1.64 bits per heavy atom. The topological polar surface area (TPSA) is 87.2 Å². The van der Waals surface area contributed by atoms with Gasteiger partial charge in [0.05, 0.1) is 6.07 Å². The van der Waals surface area contributed by atoms with Crippen LogP contribution in [0.4, 0.5) is 0 Å². The van der Waals surface area contributed by atoms with E-state index in [1.165, 1.54) is 11.8 Å². The molecule has 0 aromatic rings. The number of carbonyl (C=O) groups excluding carboxylic acids is 2. The molecular formula is C9H13N3O2. The van der Waals surface area contributed by atoms with E-state index in [1.807, 2.05) is 6.07 Å². The normalized spacial score (nSPS) is 22.9. The molecule has 1 heterocycles. The Morgan fingerprint density at radius 3 is 2.79 bits per heavy atom. The summed E-state index contributed by atoms with van der Waals surface area (Å²) >= 11 is 0. The van der Waals surface area contributed by atoms with Crippen LogP contribution < -0.4 is 5.73 Å². The molecule has 2 N–H and O–H groups in total. The van der Waals surface area contributed by atoms with Gasteiger partial charge in [-0.05, 0) is 19.8 Å². The molecule has 76 valence electrons. The number of hydrogen-bond acceptors (Lipinski definition) is 3. The first-order valence-corrected chi connectivity index (χ1v) is 4.57. The molecule has 0 aromatic carbocycles. The molecule has 14 heavy (non-hydrogen) atoms. The summed E-state index contributed by atoms with van der Waals surface area (Å²) in [6.45, 7) is 2.05. The summed E-state index contributed by atoms with van der Waals surface area (Å²) in [5.41, 5.74) is 5.15. The molecule has 2 atom stereocenters. The summed E-state index contributed by atoms with van der Waals surface area (Å²) in [6.07, 6.45) is 1.39. The molecule has 1 rings (SSSR count). The van der Waals surface area contributed by atoms with Crippen LogP contribution >= 0.6 is 0 Å².